The number of rotatable bonds is 6. The smallest absolute Gasteiger partial charge is 0.317 e. The van der Waals surface area contributed by atoms with Crippen molar-refractivity contribution in [3.05, 3.63) is 0 Å². The minimum absolute atomic E-state index is 0.118. The number of urea groups is 1. The van der Waals surface area contributed by atoms with E-state index < -0.39 is 0 Å². The molecule has 2 saturated heterocycles. The average molecular weight is 326 g/mol. The van der Waals surface area contributed by atoms with E-state index in [0.29, 0.717) is 12.0 Å². The Bertz CT molecular complexity index is 378. The van der Waals surface area contributed by atoms with Crippen LogP contribution in [-0.2, 0) is 0 Å². The minimum Gasteiger partial charge on any atom is -0.336 e. The van der Waals surface area contributed by atoms with Crippen molar-refractivity contribution in [1.29, 1.82) is 0 Å². The lowest BCUT2D eigenvalue weighted by Gasteiger charge is -2.37. The van der Waals surface area contributed by atoms with Gasteiger partial charge in [0.05, 0.1) is 0 Å². The highest BCUT2D eigenvalue weighted by atomic mass is 16.2. The molecule has 2 aliphatic rings. The number of amides is 2. The van der Waals surface area contributed by atoms with Gasteiger partial charge >= 0.3 is 6.03 Å². The Morgan fingerprint density at radius 2 is 2.00 bits per heavy atom. The molecule has 0 aromatic rings. The number of nitrogens with one attached hydrogen (secondary N) is 1. The highest BCUT2D eigenvalue weighted by Gasteiger charge is 2.28. The van der Waals surface area contributed by atoms with Crippen LogP contribution < -0.4 is 5.32 Å². The fourth-order valence-corrected chi connectivity index (χ4v) is 3.72. The van der Waals surface area contributed by atoms with Gasteiger partial charge in [-0.1, -0.05) is 6.92 Å². The third-order valence-corrected chi connectivity index (χ3v) is 5.22. The van der Waals surface area contributed by atoms with Gasteiger partial charge < -0.3 is 20.0 Å². The number of hydrogen-bond acceptors (Lipinski definition) is 4. The zero-order valence-corrected chi connectivity index (χ0v) is 15.4. The molecule has 1 N–H and O–H groups in total. The molecule has 6 heteroatoms. The summed E-state index contributed by atoms with van der Waals surface area (Å²) in [6.45, 7) is 10.2. The zero-order valence-electron chi connectivity index (χ0n) is 15.4. The van der Waals surface area contributed by atoms with E-state index in [1.807, 2.05) is 4.90 Å². The Kier molecular flexibility index (Phi) is 7.11. The molecule has 2 rings (SSSR count). The van der Waals surface area contributed by atoms with Gasteiger partial charge in [-0.2, -0.15) is 0 Å². The zero-order chi connectivity index (χ0) is 16.8. The number of hydrogen-bond donors (Lipinski definition) is 1. The quantitative estimate of drug-likeness (QED) is 0.777. The maximum Gasteiger partial charge on any atom is 0.317 e. The summed E-state index contributed by atoms with van der Waals surface area (Å²) in [4.78, 5) is 21.5. The first kappa shape index (κ1) is 18.5. The van der Waals surface area contributed by atoms with Crippen molar-refractivity contribution in [2.24, 2.45) is 5.92 Å². The van der Waals surface area contributed by atoms with E-state index in [4.69, 9.17) is 0 Å². The topological polar surface area (TPSA) is 42.1 Å². The van der Waals surface area contributed by atoms with Crippen molar-refractivity contribution in [3.8, 4) is 0 Å². The first-order valence-corrected chi connectivity index (χ1v) is 9.09. The predicted molar refractivity (Wildman–Crippen MR) is 94.8 cm³/mol. The van der Waals surface area contributed by atoms with Crippen LogP contribution >= 0.6 is 0 Å². The van der Waals surface area contributed by atoms with Gasteiger partial charge in [0.15, 0.2) is 0 Å². The van der Waals surface area contributed by atoms with E-state index in [0.717, 1.165) is 58.8 Å². The lowest BCUT2D eigenvalue weighted by atomic mass is 10.1. The third-order valence-electron chi connectivity index (χ3n) is 5.22. The van der Waals surface area contributed by atoms with E-state index in [2.05, 4.69) is 48.1 Å². The summed E-state index contributed by atoms with van der Waals surface area (Å²) in [5.74, 6) is 0.626. The van der Waals surface area contributed by atoms with Crippen LogP contribution in [0.15, 0.2) is 0 Å². The molecule has 0 spiro atoms. The summed E-state index contributed by atoms with van der Waals surface area (Å²) >= 11 is 0. The molecule has 0 aromatic carbocycles. The fourth-order valence-electron chi connectivity index (χ4n) is 3.72. The monoisotopic (exact) mass is 325 g/mol. The number of likely N-dealkylation sites (N-methyl/N-ethyl adjacent to an activating group) is 2. The van der Waals surface area contributed by atoms with E-state index in [-0.39, 0.29) is 6.03 Å². The molecule has 2 unspecified atom stereocenters. The number of likely N-dealkylation sites (tertiary alicyclic amines) is 1. The Labute approximate surface area is 141 Å². The molecular formula is C17H35N5O. The molecule has 2 atom stereocenters. The summed E-state index contributed by atoms with van der Waals surface area (Å²) in [7, 11) is 6.49. The van der Waals surface area contributed by atoms with Gasteiger partial charge in [0.1, 0.15) is 0 Å². The van der Waals surface area contributed by atoms with Crippen LogP contribution in [0.2, 0.25) is 0 Å². The Morgan fingerprint density at radius 1 is 1.22 bits per heavy atom. The number of piperazine rings is 1. The fraction of sp³-hybridized carbons (Fsp3) is 0.941. The highest BCUT2D eigenvalue weighted by Crippen LogP contribution is 2.17. The Balaban J connectivity index is 1.70. The number of nitrogens with zero attached hydrogens (tertiary/aromatic N) is 4. The van der Waals surface area contributed by atoms with E-state index in [1.165, 1.54) is 6.42 Å². The van der Waals surface area contributed by atoms with Gasteiger partial charge in [0.2, 0.25) is 0 Å². The van der Waals surface area contributed by atoms with Gasteiger partial charge in [0.25, 0.3) is 0 Å². The summed E-state index contributed by atoms with van der Waals surface area (Å²) in [6.07, 6.45) is 2.32. The van der Waals surface area contributed by atoms with Gasteiger partial charge in [-0.3, -0.25) is 4.90 Å². The van der Waals surface area contributed by atoms with Crippen molar-refractivity contribution in [1.82, 2.24) is 24.9 Å². The molecule has 0 bridgehead atoms. The van der Waals surface area contributed by atoms with Crippen molar-refractivity contribution >= 4 is 6.03 Å². The molecule has 134 valence electrons. The summed E-state index contributed by atoms with van der Waals surface area (Å²) in [5.41, 5.74) is 0. The van der Waals surface area contributed by atoms with Crippen LogP contribution in [0, 0.1) is 5.92 Å². The van der Waals surface area contributed by atoms with Crippen LogP contribution in [0.1, 0.15) is 19.8 Å². The van der Waals surface area contributed by atoms with Crippen LogP contribution in [0.4, 0.5) is 4.79 Å². The molecule has 0 aliphatic carbocycles. The second kappa shape index (κ2) is 8.85. The van der Waals surface area contributed by atoms with E-state index in [1.54, 1.807) is 0 Å². The predicted octanol–water partition coefficient (Wildman–Crippen LogP) is 0.606. The molecular weight excluding hydrogens is 290 g/mol. The summed E-state index contributed by atoms with van der Waals surface area (Å²) in [5, 5.41) is 3.15. The molecule has 2 fully saturated rings. The second-order valence-electron chi connectivity index (χ2n) is 7.45. The van der Waals surface area contributed by atoms with Crippen molar-refractivity contribution in [2.45, 2.75) is 25.8 Å². The van der Waals surface area contributed by atoms with Crippen LogP contribution in [-0.4, -0.2) is 105 Å². The molecule has 2 heterocycles. The Morgan fingerprint density at radius 3 is 2.74 bits per heavy atom. The molecule has 0 saturated carbocycles. The van der Waals surface area contributed by atoms with Crippen LogP contribution in [0.25, 0.3) is 0 Å². The van der Waals surface area contributed by atoms with Crippen LogP contribution in [0.3, 0.4) is 0 Å². The first-order valence-electron chi connectivity index (χ1n) is 9.09. The van der Waals surface area contributed by atoms with Gasteiger partial charge in [-0.05, 0) is 46.4 Å². The standard InChI is InChI=1S/C17H35N5O/c1-5-7-19(2)12-15-6-8-22(13-15)17(23)18-11-16-14-20(3)9-10-21(16)4/h15-16H,5-14H2,1-4H3,(H,18,23). The molecule has 23 heavy (non-hydrogen) atoms. The Hall–Kier alpha value is -0.850. The van der Waals surface area contributed by atoms with Crippen LogP contribution in [0.5, 0.6) is 0 Å². The van der Waals surface area contributed by atoms with Crippen molar-refractivity contribution in [2.75, 3.05) is 73.5 Å². The normalized spacial score (nSPS) is 26.9. The van der Waals surface area contributed by atoms with Crippen molar-refractivity contribution < 1.29 is 4.79 Å². The second-order valence-corrected chi connectivity index (χ2v) is 7.45. The molecule has 0 aromatic heterocycles. The summed E-state index contributed by atoms with van der Waals surface area (Å²) in [6, 6.07) is 0.541. The summed E-state index contributed by atoms with van der Waals surface area (Å²) < 4.78 is 0. The lowest BCUT2D eigenvalue weighted by Crippen LogP contribution is -2.55. The number of carbonyl (C=O) groups excluding carboxylic acids is 1. The van der Waals surface area contributed by atoms with Gasteiger partial charge in [0, 0.05) is 51.9 Å². The SMILES string of the molecule is CCCN(C)CC1CCN(C(=O)NCC2CN(C)CCN2C)C1. The molecule has 2 amide bonds. The third kappa shape index (κ3) is 5.62. The molecule has 0 radical (unpaired) electrons. The first-order chi connectivity index (χ1) is 11.0. The average Bonchev–Trinajstić information content (AvgIpc) is 2.96. The van der Waals surface area contributed by atoms with E-state index in [9.17, 15) is 4.79 Å². The largest absolute Gasteiger partial charge is 0.336 e. The minimum atomic E-state index is 0.118. The van der Waals surface area contributed by atoms with Gasteiger partial charge in [-0.15, -0.1) is 0 Å². The van der Waals surface area contributed by atoms with Crippen molar-refractivity contribution in [3.63, 3.8) is 0 Å². The molecule has 6 nitrogen and oxygen atoms in total. The lowest BCUT2D eigenvalue weighted by molar-refractivity contribution is 0.113. The van der Waals surface area contributed by atoms with Gasteiger partial charge in [-0.25, -0.2) is 4.79 Å². The maximum atomic E-state index is 12.4. The highest BCUT2D eigenvalue weighted by molar-refractivity contribution is 5.74. The van der Waals surface area contributed by atoms with E-state index >= 15 is 0 Å². The number of carbonyl (C=O) groups is 1. The molecule has 2 aliphatic heterocycles. The maximum absolute atomic E-state index is 12.4.